The second-order valence-corrected chi connectivity index (χ2v) is 7.06. The third-order valence-electron chi connectivity index (χ3n) is 4.69. The summed E-state index contributed by atoms with van der Waals surface area (Å²) in [5.74, 6) is 2.16. The summed E-state index contributed by atoms with van der Waals surface area (Å²) in [4.78, 5) is 23.8. The van der Waals surface area contributed by atoms with Crippen LogP contribution >= 0.6 is 0 Å². The van der Waals surface area contributed by atoms with E-state index in [9.17, 15) is 9.59 Å². The normalized spacial score (nSPS) is 13.3. The largest absolute Gasteiger partial charge is 0.484 e. The molecule has 1 heterocycles. The summed E-state index contributed by atoms with van der Waals surface area (Å²) in [5, 5.41) is 5.65. The van der Waals surface area contributed by atoms with E-state index in [1.165, 1.54) is 0 Å². The van der Waals surface area contributed by atoms with E-state index in [2.05, 4.69) is 10.6 Å². The van der Waals surface area contributed by atoms with Crippen LogP contribution in [-0.2, 0) is 9.59 Å². The second-order valence-electron chi connectivity index (χ2n) is 7.06. The number of rotatable bonds is 7. The van der Waals surface area contributed by atoms with Gasteiger partial charge in [0.15, 0.2) is 13.2 Å². The lowest BCUT2D eigenvalue weighted by atomic mass is 10.1. The number of ether oxygens (including phenoxy) is 3. The monoisotopic (exact) mass is 418 g/mol. The number of anilines is 1. The Morgan fingerprint density at radius 3 is 2.52 bits per heavy atom. The van der Waals surface area contributed by atoms with Gasteiger partial charge in [-0.1, -0.05) is 24.3 Å². The molecule has 3 aromatic rings. The molecule has 0 bridgehead atoms. The number of benzene rings is 3. The Balaban J connectivity index is 1.28. The quantitative estimate of drug-likeness (QED) is 0.604. The summed E-state index contributed by atoms with van der Waals surface area (Å²) in [6.07, 6.45) is 0. The van der Waals surface area contributed by atoms with Crippen molar-refractivity contribution in [2.24, 2.45) is 0 Å². The van der Waals surface area contributed by atoms with Crippen LogP contribution in [0.15, 0.2) is 72.8 Å². The number of hydrogen-bond acceptors (Lipinski definition) is 5. The van der Waals surface area contributed by atoms with Crippen LogP contribution in [0.1, 0.15) is 18.5 Å². The van der Waals surface area contributed by atoms with Gasteiger partial charge >= 0.3 is 0 Å². The summed E-state index contributed by atoms with van der Waals surface area (Å²) < 4.78 is 16.7. The van der Waals surface area contributed by atoms with Gasteiger partial charge in [-0.2, -0.15) is 0 Å². The molecule has 0 aliphatic carbocycles. The maximum atomic E-state index is 12.3. The van der Waals surface area contributed by atoms with Gasteiger partial charge in [-0.05, 0) is 61.0 Å². The Labute approximate surface area is 179 Å². The highest BCUT2D eigenvalue weighted by molar-refractivity contribution is 5.95. The molecule has 3 aromatic carbocycles. The average Bonchev–Trinajstić information content (AvgIpc) is 2.79. The zero-order valence-electron chi connectivity index (χ0n) is 17.0. The van der Waals surface area contributed by atoms with Gasteiger partial charge in [0.25, 0.3) is 11.8 Å². The van der Waals surface area contributed by atoms with Gasteiger partial charge in [-0.25, -0.2) is 0 Å². The second kappa shape index (κ2) is 9.21. The Bertz CT molecular complexity index is 1070. The van der Waals surface area contributed by atoms with E-state index >= 15 is 0 Å². The molecule has 7 nitrogen and oxygen atoms in total. The average molecular weight is 418 g/mol. The number of para-hydroxylation sites is 1. The highest BCUT2D eigenvalue weighted by Crippen LogP contribution is 2.30. The molecule has 0 saturated carbocycles. The molecule has 1 aliphatic heterocycles. The molecule has 1 atom stereocenters. The molecule has 31 heavy (non-hydrogen) atoms. The van der Waals surface area contributed by atoms with Crippen LogP contribution in [0.2, 0.25) is 0 Å². The summed E-state index contributed by atoms with van der Waals surface area (Å²) in [6, 6.07) is 21.7. The van der Waals surface area contributed by atoms with Crippen LogP contribution in [0.25, 0.3) is 0 Å². The van der Waals surface area contributed by atoms with Crippen molar-refractivity contribution < 1.29 is 23.8 Å². The van der Waals surface area contributed by atoms with Crippen LogP contribution in [0.4, 0.5) is 5.69 Å². The molecule has 0 unspecified atom stereocenters. The first-order chi connectivity index (χ1) is 15.1. The Kier molecular flexibility index (Phi) is 6.03. The standard InChI is InChI=1S/C24H22N2O5/c1-16(17-7-12-22-21(13-17)26-24(28)15-30-22)25-23(27)14-29-18-8-10-20(11-9-18)31-19-5-3-2-4-6-19/h2-13,16H,14-15H2,1H3,(H,25,27)(H,26,28)/t16-/m0/s1. The van der Waals surface area contributed by atoms with E-state index in [1.54, 1.807) is 36.4 Å². The summed E-state index contributed by atoms with van der Waals surface area (Å²) in [7, 11) is 0. The van der Waals surface area contributed by atoms with E-state index in [-0.39, 0.29) is 31.1 Å². The zero-order valence-corrected chi connectivity index (χ0v) is 17.0. The molecule has 0 spiro atoms. The van der Waals surface area contributed by atoms with Gasteiger partial charge in [0.1, 0.15) is 23.0 Å². The minimum atomic E-state index is -0.262. The van der Waals surface area contributed by atoms with Crippen molar-refractivity contribution >= 4 is 17.5 Å². The van der Waals surface area contributed by atoms with E-state index in [1.807, 2.05) is 43.3 Å². The lowest BCUT2D eigenvalue weighted by Crippen LogP contribution is -2.31. The molecule has 7 heteroatoms. The smallest absolute Gasteiger partial charge is 0.262 e. The van der Waals surface area contributed by atoms with Crippen molar-refractivity contribution in [3.63, 3.8) is 0 Å². The highest BCUT2D eigenvalue weighted by atomic mass is 16.5. The number of amides is 2. The third kappa shape index (κ3) is 5.33. The fourth-order valence-electron chi connectivity index (χ4n) is 3.11. The van der Waals surface area contributed by atoms with Crippen LogP contribution in [0.5, 0.6) is 23.0 Å². The minimum absolute atomic E-state index is 0.00926. The maximum Gasteiger partial charge on any atom is 0.262 e. The van der Waals surface area contributed by atoms with Gasteiger partial charge in [0, 0.05) is 0 Å². The molecule has 158 valence electrons. The predicted molar refractivity (Wildman–Crippen MR) is 116 cm³/mol. The van der Waals surface area contributed by atoms with Crippen LogP contribution in [0.3, 0.4) is 0 Å². The van der Waals surface area contributed by atoms with Crippen molar-refractivity contribution in [2.75, 3.05) is 18.5 Å². The van der Waals surface area contributed by atoms with Crippen LogP contribution in [-0.4, -0.2) is 25.0 Å². The molecule has 0 radical (unpaired) electrons. The van der Waals surface area contributed by atoms with Crippen molar-refractivity contribution in [3.8, 4) is 23.0 Å². The Morgan fingerprint density at radius 2 is 1.74 bits per heavy atom. The van der Waals surface area contributed by atoms with Gasteiger partial charge in [0.2, 0.25) is 0 Å². The minimum Gasteiger partial charge on any atom is -0.484 e. The highest BCUT2D eigenvalue weighted by Gasteiger charge is 2.18. The lowest BCUT2D eigenvalue weighted by molar-refractivity contribution is -0.123. The summed E-state index contributed by atoms with van der Waals surface area (Å²) >= 11 is 0. The van der Waals surface area contributed by atoms with E-state index in [0.717, 1.165) is 11.3 Å². The van der Waals surface area contributed by atoms with Crippen molar-refractivity contribution in [1.29, 1.82) is 0 Å². The SMILES string of the molecule is C[C@H](NC(=O)COc1ccc(Oc2ccccc2)cc1)c1ccc2c(c1)NC(=O)CO2. The molecule has 2 amide bonds. The molecule has 2 N–H and O–H groups in total. The summed E-state index contributed by atoms with van der Waals surface area (Å²) in [6.45, 7) is 1.75. The van der Waals surface area contributed by atoms with Gasteiger partial charge < -0.3 is 24.8 Å². The number of hydrogen-bond donors (Lipinski definition) is 2. The Morgan fingerprint density at radius 1 is 1.03 bits per heavy atom. The number of nitrogens with one attached hydrogen (secondary N) is 2. The number of fused-ring (bicyclic) bond motifs is 1. The fourth-order valence-corrected chi connectivity index (χ4v) is 3.11. The van der Waals surface area contributed by atoms with Gasteiger partial charge in [0.05, 0.1) is 11.7 Å². The van der Waals surface area contributed by atoms with Crippen molar-refractivity contribution in [1.82, 2.24) is 5.32 Å². The molecule has 0 saturated heterocycles. The van der Waals surface area contributed by atoms with Gasteiger partial charge in [-0.3, -0.25) is 9.59 Å². The molecule has 1 aliphatic rings. The molecule has 0 fully saturated rings. The number of carbonyl (C=O) groups is 2. The van der Waals surface area contributed by atoms with Crippen molar-refractivity contribution in [2.45, 2.75) is 13.0 Å². The van der Waals surface area contributed by atoms with Crippen LogP contribution < -0.4 is 24.8 Å². The third-order valence-corrected chi connectivity index (χ3v) is 4.69. The first-order valence-corrected chi connectivity index (χ1v) is 9.88. The van der Waals surface area contributed by atoms with E-state index in [0.29, 0.717) is 22.9 Å². The zero-order chi connectivity index (χ0) is 21.6. The van der Waals surface area contributed by atoms with Crippen LogP contribution in [0, 0.1) is 0 Å². The lowest BCUT2D eigenvalue weighted by Gasteiger charge is -2.21. The topological polar surface area (TPSA) is 85.9 Å². The first-order valence-electron chi connectivity index (χ1n) is 9.88. The van der Waals surface area contributed by atoms with E-state index in [4.69, 9.17) is 14.2 Å². The maximum absolute atomic E-state index is 12.3. The van der Waals surface area contributed by atoms with E-state index < -0.39 is 0 Å². The number of carbonyl (C=O) groups excluding carboxylic acids is 2. The first kappa shape index (κ1) is 20.3. The molecule has 0 aromatic heterocycles. The van der Waals surface area contributed by atoms with Crippen molar-refractivity contribution in [3.05, 3.63) is 78.4 Å². The Hall–Kier alpha value is -4.00. The predicted octanol–water partition coefficient (Wildman–Crippen LogP) is 4.07. The molecular weight excluding hydrogens is 396 g/mol. The van der Waals surface area contributed by atoms with Gasteiger partial charge in [-0.15, -0.1) is 0 Å². The molecule has 4 rings (SSSR count). The fraction of sp³-hybridized carbons (Fsp3) is 0.167. The molecular formula is C24H22N2O5. The summed E-state index contributed by atoms with van der Waals surface area (Å²) in [5.41, 5.74) is 1.45.